The van der Waals surface area contributed by atoms with E-state index in [0.717, 1.165) is 67.1 Å². The minimum Gasteiger partial charge on any atom is -0.456 e. The fourth-order valence-electron chi connectivity index (χ4n) is 3.51. The highest BCUT2D eigenvalue weighted by molar-refractivity contribution is 8.13. The van der Waals surface area contributed by atoms with Crippen LogP contribution < -0.4 is 14.4 Å². The summed E-state index contributed by atoms with van der Waals surface area (Å²) >= 11 is 0. The summed E-state index contributed by atoms with van der Waals surface area (Å²) in [6, 6.07) is 8.59. The highest BCUT2D eigenvalue weighted by atomic mass is 32.2. The molecule has 0 aliphatic carbocycles. The van der Waals surface area contributed by atoms with E-state index in [1.165, 1.54) is 12.1 Å². The van der Waals surface area contributed by atoms with Crippen molar-refractivity contribution < 1.29 is 23.0 Å². The van der Waals surface area contributed by atoms with E-state index in [4.69, 9.17) is 4.74 Å². The molecule has 0 radical (unpaired) electrons. The number of benzene rings is 2. The van der Waals surface area contributed by atoms with Gasteiger partial charge in [0.15, 0.2) is 0 Å². The van der Waals surface area contributed by atoms with E-state index in [2.05, 4.69) is 23.5 Å². The lowest BCUT2D eigenvalue weighted by Crippen LogP contribution is -2.27. The number of unbranched alkanes of at least 4 members (excludes halogenated alkanes) is 2. The lowest BCUT2D eigenvalue weighted by atomic mass is 10.1. The van der Waals surface area contributed by atoms with Gasteiger partial charge in [-0.2, -0.15) is 13.2 Å². The standard InChI is InChI=1S/C25H35F3N2O2S/c1-5-8-14-30(15-9-6-2)22-17-23(24(16-19(22)18-31)33(7-3)29-4)32-21-12-10-20(11-13-21)25(26,27)28/h7,10-13,16-17,29,31H,5-6,8-9,14-15,18H2,1-4H3. The summed E-state index contributed by atoms with van der Waals surface area (Å²) in [5.41, 5.74) is 1.00. The average molecular weight is 485 g/mol. The van der Waals surface area contributed by atoms with Crippen LogP contribution in [0, 0.1) is 0 Å². The summed E-state index contributed by atoms with van der Waals surface area (Å²) in [5, 5.41) is 12.2. The molecule has 8 heteroatoms. The number of nitrogens with zero attached hydrogens (tertiary/aromatic N) is 1. The van der Waals surface area contributed by atoms with E-state index < -0.39 is 22.4 Å². The third-order valence-electron chi connectivity index (χ3n) is 5.32. The summed E-state index contributed by atoms with van der Waals surface area (Å²) in [4.78, 5) is 3.12. The van der Waals surface area contributed by atoms with Crippen LogP contribution in [0.5, 0.6) is 11.5 Å². The second-order valence-electron chi connectivity index (χ2n) is 7.68. The molecular weight excluding hydrogens is 449 g/mol. The van der Waals surface area contributed by atoms with E-state index in [9.17, 15) is 18.3 Å². The number of ether oxygens (including phenoxy) is 1. The minimum absolute atomic E-state index is 0.109. The topological polar surface area (TPSA) is 44.7 Å². The van der Waals surface area contributed by atoms with Gasteiger partial charge in [-0.25, -0.2) is 0 Å². The van der Waals surface area contributed by atoms with Crippen molar-refractivity contribution in [1.29, 1.82) is 0 Å². The average Bonchev–Trinajstić information content (AvgIpc) is 2.80. The summed E-state index contributed by atoms with van der Waals surface area (Å²) in [6.45, 7) is 7.83. The van der Waals surface area contributed by atoms with Crippen LogP contribution in [-0.4, -0.2) is 30.6 Å². The zero-order valence-electron chi connectivity index (χ0n) is 19.8. The molecule has 0 aliphatic rings. The van der Waals surface area contributed by atoms with Gasteiger partial charge in [0.25, 0.3) is 0 Å². The zero-order valence-corrected chi connectivity index (χ0v) is 20.7. The molecule has 0 aliphatic heterocycles. The highest BCUT2D eigenvalue weighted by Gasteiger charge is 2.30. The summed E-state index contributed by atoms with van der Waals surface area (Å²) in [7, 11) is 1.38. The van der Waals surface area contributed by atoms with Crippen LogP contribution in [0.25, 0.3) is 0 Å². The first kappa shape index (κ1) is 27.2. The predicted octanol–water partition coefficient (Wildman–Crippen LogP) is 6.98. The van der Waals surface area contributed by atoms with E-state index in [1.807, 2.05) is 31.5 Å². The molecule has 2 rings (SSSR count). The lowest BCUT2D eigenvalue weighted by molar-refractivity contribution is -0.137. The fourth-order valence-corrected chi connectivity index (χ4v) is 4.80. The monoisotopic (exact) mass is 484 g/mol. The third-order valence-corrected chi connectivity index (χ3v) is 7.03. The van der Waals surface area contributed by atoms with Gasteiger partial charge in [-0.1, -0.05) is 37.4 Å². The molecule has 0 saturated carbocycles. The van der Waals surface area contributed by atoms with Crippen LogP contribution >= 0.6 is 10.7 Å². The maximum Gasteiger partial charge on any atom is 0.416 e. The van der Waals surface area contributed by atoms with Gasteiger partial charge in [-0.05, 0) is 62.5 Å². The molecule has 0 saturated heterocycles. The number of hydrogen-bond donors (Lipinski definition) is 2. The Balaban J connectivity index is 2.56. The number of rotatable bonds is 12. The number of hydrogen-bond acceptors (Lipinski definition) is 4. The molecule has 0 spiro atoms. The molecule has 4 nitrogen and oxygen atoms in total. The van der Waals surface area contributed by atoms with Gasteiger partial charge in [0, 0.05) is 30.4 Å². The molecule has 33 heavy (non-hydrogen) atoms. The molecule has 0 heterocycles. The molecule has 2 aromatic rings. The fraction of sp³-hybridized carbons (Fsp3) is 0.480. The van der Waals surface area contributed by atoms with Crippen molar-refractivity contribution in [2.24, 2.45) is 0 Å². The van der Waals surface area contributed by atoms with Gasteiger partial charge < -0.3 is 14.7 Å². The normalized spacial score (nSPS) is 12.7. The first-order valence-corrected chi connectivity index (χ1v) is 12.7. The largest absolute Gasteiger partial charge is 0.456 e. The molecular formula is C25H35F3N2O2S. The molecule has 2 N–H and O–H groups in total. The molecule has 0 fully saturated rings. The van der Waals surface area contributed by atoms with E-state index in [1.54, 1.807) is 0 Å². The molecule has 0 bridgehead atoms. The summed E-state index contributed by atoms with van der Waals surface area (Å²) < 4.78 is 48.2. The molecule has 0 amide bonds. The van der Waals surface area contributed by atoms with Crippen LogP contribution in [0.15, 0.2) is 41.3 Å². The third kappa shape index (κ3) is 7.48. The van der Waals surface area contributed by atoms with Crippen LogP contribution in [-0.2, 0) is 12.8 Å². The lowest BCUT2D eigenvalue weighted by Gasteiger charge is -2.28. The Hall–Kier alpha value is -2.03. The first-order chi connectivity index (χ1) is 15.8. The molecule has 2 aromatic carbocycles. The Labute approximate surface area is 197 Å². The Kier molecular flexibility index (Phi) is 10.7. The maximum atomic E-state index is 13.0. The Morgan fingerprint density at radius 2 is 1.67 bits per heavy atom. The van der Waals surface area contributed by atoms with Crippen molar-refractivity contribution in [2.75, 3.05) is 25.0 Å². The first-order valence-electron chi connectivity index (χ1n) is 11.4. The van der Waals surface area contributed by atoms with Gasteiger partial charge in [-0.3, -0.25) is 4.72 Å². The van der Waals surface area contributed by atoms with Crippen molar-refractivity contribution in [1.82, 2.24) is 4.72 Å². The number of nitrogens with one attached hydrogen (secondary N) is 1. The van der Waals surface area contributed by atoms with Crippen LogP contribution in [0.4, 0.5) is 18.9 Å². The van der Waals surface area contributed by atoms with Crippen LogP contribution in [0.3, 0.4) is 0 Å². The van der Waals surface area contributed by atoms with Crippen molar-refractivity contribution >= 4 is 21.7 Å². The van der Waals surface area contributed by atoms with Gasteiger partial charge in [0.2, 0.25) is 0 Å². The van der Waals surface area contributed by atoms with Crippen LogP contribution in [0.2, 0.25) is 0 Å². The second-order valence-corrected chi connectivity index (χ2v) is 9.68. The van der Waals surface area contributed by atoms with Crippen molar-refractivity contribution in [3.63, 3.8) is 0 Å². The quantitative estimate of drug-likeness (QED) is 0.319. The molecule has 1 atom stereocenters. The van der Waals surface area contributed by atoms with Crippen molar-refractivity contribution in [2.45, 2.75) is 64.1 Å². The van der Waals surface area contributed by atoms with Gasteiger partial charge >= 0.3 is 6.18 Å². The predicted molar refractivity (Wildman–Crippen MR) is 133 cm³/mol. The van der Waals surface area contributed by atoms with Crippen molar-refractivity contribution in [3.05, 3.63) is 47.5 Å². The summed E-state index contributed by atoms with van der Waals surface area (Å²) in [6.07, 6.45) is -0.241. The minimum atomic E-state index is -4.39. The number of aliphatic hydroxyl groups excluding tert-OH is 1. The molecule has 184 valence electrons. The molecule has 0 aromatic heterocycles. The Bertz CT molecular complexity index is 907. The maximum absolute atomic E-state index is 13.0. The highest BCUT2D eigenvalue weighted by Crippen LogP contribution is 2.41. The number of halogens is 3. The second kappa shape index (κ2) is 13.0. The zero-order chi connectivity index (χ0) is 24.4. The van der Waals surface area contributed by atoms with E-state index in [0.29, 0.717) is 11.5 Å². The Morgan fingerprint density at radius 3 is 2.12 bits per heavy atom. The number of alkyl halides is 3. The number of anilines is 1. The van der Waals surface area contributed by atoms with Crippen LogP contribution in [0.1, 0.15) is 57.6 Å². The van der Waals surface area contributed by atoms with Gasteiger partial charge in [-0.15, -0.1) is 0 Å². The van der Waals surface area contributed by atoms with E-state index >= 15 is 0 Å². The van der Waals surface area contributed by atoms with Crippen molar-refractivity contribution in [3.8, 4) is 11.5 Å². The smallest absolute Gasteiger partial charge is 0.416 e. The van der Waals surface area contributed by atoms with Gasteiger partial charge in [0.1, 0.15) is 11.5 Å². The van der Waals surface area contributed by atoms with Gasteiger partial charge in [0.05, 0.1) is 17.1 Å². The molecule has 1 unspecified atom stereocenters. The Morgan fingerprint density at radius 1 is 1.06 bits per heavy atom. The summed E-state index contributed by atoms with van der Waals surface area (Å²) in [5.74, 6) is 0.895. The van der Waals surface area contributed by atoms with E-state index in [-0.39, 0.29) is 6.61 Å². The SMILES string of the molecule is CC=S(NC)c1cc(CO)c(N(CCCC)CCCC)cc1Oc1ccc(C(F)(F)F)cc1. The number of aliphatic hydroxyl groups is 1.